The summed E-state index contributed by atoms with van der Waals surface area (Å²) in [5.74, 6) is 0.100. The van der Waals surface area contributed by atoms with Gasteiger partial charge in [-0.05, 0) is 30.2 Å². The average molecular weight is 319 g/mol. The number of carbonyl (C=O) groups is 1. The highest BCUT2D eigenvalue weighted by atomic mass is 35.5. The maximum Gasteiger partial charge on any atom is 0.305 e. The molecule has 0 heterocycles. The molecule has 0 aliphatic heterocycles. The van der Waals surface area contributed by atoms with Crippen molar-refractivity contribution >= 4 is 34.9 Å². The number of nitrogens with two attached hydrogens (primary N) is 1. The Balaban J connectivity index is 3.02. The first-order valence-corrected chi connectivity index (χ1v) is 7.51. The molecule has 0 aliphatic carbocycles. The number of halogens is 2. The topological polar surface area (TPSA) is 66.6 Å². The van der Waals surface area contributed by atoms with Gasteiger partial charge in [0, 0.05) is 36.6 Å². The van der Waals surface area contributed by atoms with E-state index in [1.807, 2.05) is 25.1 Å². The minimum absolute atomic E-state index is 0.0880. The Hall–Kier alpha value is -0.970. The van der Waals surface area contributed by atoms with E-state index in [1.54, 1.807) is 0 Å². The van der Waals surface area contributed by atoms with Gasteiger partial charge in [-0.15, -0.1) is 23.2 Å². The zero-order valence-electron chi connectivity index (χ0n) is 11.5. The van der Waals surface area contributed by atoms with Crippen LogP contribution in [0.1, 0.15) is 23.6 Å². The maximum atomic E-state index is 10.8. The van der Waals surface area contributed by atoms with E-state index < -0.39 is 12.0 Å². The van der Waals surface area contributed by atoms with E-state index in [2.05, 4.69) is 4.90 Å². The molecule has 0 bridgehead atoms. The third-order valence-electron chi connectivity index (χ3n) is 3.13. The van der Waals surface area contributed by atoms with Gasteiger partial charge in [-0.3, -0.25) is 4.79 Å². The molecule has 1 rings (SSSR count). The summed E-state index contributed by atoms with van der Waals surface area (Å²) in [6.45, 7) is 3.30. The molecular formula is C14H20Cl2N2O2. The van der Waals surface area contributed by atoms with Crippen molar-refractivity contribution < 1.29 is 9.90 Å². The molecular weight excluding hydrogens is 299 g/mol. The molecule has 0 spiro atoms. The molecule has 1 unspecified atom stereocenters. The number of aryl methyl sites for hydroxylation is 1. The molecule has 0 aromatic heterocycles. The van der Waals surface area contributed by atoms with Gasteiger partial charge >= 0.3 is 5.97 Å². The molecule has 0 aliphatic rings. The van der Waals surface area contributed by atoms with Crippen LogP contribution in [0.2, 0.25) is 0 Å². The first-order chi connectivity index (χ1) is 9.49. The summed E-state index contributed by atoms with van der Waals surface area (Å²) in [7, 11) is 0. The van der Waals surface area contributed by atoms with Crippen LogP contribution in [0.15, 0.2) is 18.2 Å². The first kappa shape index (κ1) is 17.1. The lowest BCUT2D eigenvalue weighted by Crippen LogP contribution is -2.28. The Morgan fingerprint density at radius 3 is 2.45 bits per heavy atom. The zero-order chi connectivity index (χ0) is 15.1. The fourth-order valence-corrected chi connectivity index (χ4v) is 2.50. The number of alkyl halides is 2. The van der Waals surface area contributed by atoms with Gasteiger partial charge in [0.05, 0.1) is 6.42 Å². The molecule has 0 saturated heterocycles. The van der Waals surface area contributed by atoms with E-state index in [-0.39, 0.29) is 6.42 Å². The zero-order valence-corrected chi connectivity index (χ0v) is 13.0. The summed E-state index contributed by atoms with van der Waals surface area (Å²) in [5, 5.41) is 8.86. The van der Waals surface area contributed by atoms with Crippen LogP contribution in [-0.2, 0) is 4.79 Å². The first-order valence-electron chi connectivity index (χ1n) is 6.44. The molecule has 20 heavy (non-hydrogen) atoms. The van der Waals surface area contributed by atoms with Crippen molar-refractivity contribution in [3.05, 3.63) is 29.3 Å². The number of carboxylic acid groups (broad SMARTS) is 1. The van der Waals surface area contributed by atoms with E-state index >= 15 is 0 Å². The van der Waals surface area contributed by atoms with Crippen molar-refractivity contribution in [2.45, 2.75) is 19.4 Å². The third kappa shape index (κ3) is 4.85. The molecule has 3 N–H and O–H groups in total. The lowest BCUT2D eigenvalue weighted by molar-refractivity contribution is -0.137. The van der Waals surface area contributed by atoms with Gasteiger partial charge < -0.3 is 15.7 Å². The fourth-order valence-electron chi connectivity index (χ4n) is 2.10. The second-order valence-corrected chi connectivity index (χ2v) is 5.37. The average Bonchev–Trinajstić information content (AvgIpc) is 2.38. The minimum Gasteiger partial charge on any atom is -0.481 e. The second-order valence-electron chi connectivity index (χ2n) is 4.61. The van der Waals surface area contributed by atoms with E-state index in [0.717, 1.165) is 16.8 Å². The number of hydrogen-bond acceptors (Lipinski definition) is 3. The molecule has 6 heteroatoms. The molecule has 0 radical (unpaired) electrons. The van der Waals surface area contributed by atoms with Gasteiger partial charge in [-0.25, -0.2) is 0 Å². The summed E-state index contributed by atoms with van der Waals surface area (Å²) in [6.07, 6.45) is -0.0880. The summed E-state index contributed by atoms with van der Waals surface area (Å²) in [5.41, 5.74) is 8.76. The molecule has 0 amide bonds. The van der Waals surface area contributed by atoms with Crippen molar-refractivity contribution in [1.82, 2.24) is 0 Å². The molecule has 0 saturated carbocycles. The summed E-state index contributed by atoms with van der Waals surface area (Å²) in [6, 6.07) is 5.34. The van der Waals surface area contributed by atoms with Gasteiger partial charge in [-0.2, -0.15) is 0 Å². The summed E-state index contributed by atoms with van der Waals surface area (Å²) >= 11 is 11.6. The number of benzene rings is 1. The smallest absolute Gasteiger partial charge is 0.305 e. The molecule has 4 nitrogen and oxygen atoms in total. The van der Waals surface area contributed by atoms with E-state index in [4.69, 9.17) is 34.0 Å². The van der Waals surface area contributed by atoms with Gasteiger partial charge in [0.2, 0.25) is 0 Å². The van der Waals surface area contributed by atoms with E-state index in [1.165, 1.54) is 0 Å². The quantitative estimate of drug-likeness (QED) is 0.723. The third-order valence-corrected chi connectivity index (χ3v) is 3.47. The van der Waals surface area contributed by atoms with Gasteiger partial charge in [0.1, 0.15) is 0 Å². The highest BCUT2D eigenvalue weighted by Gasteiger charge is 2.15. The number of rotatable bonds is 8. The van der Waals surface area contributed by atoms with Crippen LogP contribution in [0.25, 0.3) is 0 Å². The van der Waals surface area contributed by atoms with Gasteiger partial charge in [0.25, 0.3) is 0 Å². The van der Waals surface area contributed by atoms with Crippen LogP contribution in [0.4, 0.5) is 5.69 Å². The van der Waals surface area contributed by atoms with Crippen LogP contribution < -0.4 is 10.6 Å². The highest BCUT2D eigenvalue weighted by molar-refractivity contribution is 6.18. The number of hydrogen-bond donors (Lipinski definition) is 2. The Morgan fingerprint density at radius 2 is 1.95 bits per heavy atom. The summed E-state index contributed by atoms with van der Waals surface area (Å²) < 4.78 is 0. The number of nitrogens with zero attached hydrogens (tertiary/aromatic N) is 1. The van der Waals surface area contributed by atoms with Crippen LogP contribution in [0, 0.1) is 6.92 Å². The van der Waals surface area contributed by atoms with Gasteiger partial charge in [0.15, 0.2) is 0 Å². The van der Waals surface area contributed by atoms with Crippen LogP contribution in [0.5, 0.6) is 0 Å². The Bertz CT molecular complexity index is 449. The number of aliphatic carboxylic acids is 1. The monoisotopic (exact) mass is 318 g/mol. The Kier molecular flexibility index (Phi) is 7.13. The van der Waals surface area contributed by atoms with Crippen molar-refractivity contribution in [2.24, 2.45) is 5.73 Å². The number of anilines is 1. The Morgan fingerprint density at radius 1 is 1.35 bits per heavy atom. The molecule has 1 atom stereocenters. The lowest BCUT2D eigenvalue weighted by atomic mass is 9.98. The van der Waals surface area contributed by atoms with Crippen LogP contribution in [0.3, 0.4) is 0 Å². The lowest BCUT2D eigenvalue weighted by Gasteiger charge is -2.25. The highest BCUT2D eigenvalue weighted by Crippen LogP contribution is 2.25. The molecule has 112 valence electrons. The number of carboxylic acids is 1. The van der Waals surface area contributed by atoms with Crippen molar-refractivity contribution in [2.75, 3.05) is 29.7 Å². The maximum absolute atomic E-state index is 10.8. The normalized spacial score (nSPS) is 12.2. The van der Waals surface area contributed by atoms with Crippen molar-refractivity contribution in [3.8, 4) is 0 Å². The predicted octanol–water partition coefficient (Wildman–Crippen LogP) is 2.75. The van der Waals surface area contributed by atoms with Crippen molar-refractivity contribution in [3.63, 3.8) is 0 Å². The van der Waals surface area contributed by atoms with E-state index in [9.17, 15) is 4.79 Å². The van der Waals surface area contributed by atoms with Crippen molar-refractivity contribution in [1.29, 1.82) is 0 Å². The molecule has 1 aromatic rings. The molecule has 1 aromatic carbocycles. The largest absolute Gasteiger partial charge is 0.481 e. The van der Waals surface area contributed by atoms with Gasteiger partial charge in [-0.1, -0.05) is 6.07 Å². The second kappa shape index (κ2) is 8.35. The molecule has 0 fully saturated rings. The minimum atomic E-state index is -0.902. The summed E-state index contributed by atoms with van der Waals surface area (Å²) in [4.78, 5) is 12.9. The standard InChI is InChI=1S/C14H20Cl2N2O2/c1-10-2-3-11(18(6-4-15)7-5-16)8-12(10)13(17)9-14(19)20/h2-3,8,13H,4-7,9,17H2,1H3,(H,19,20). The Labute approximate surface area is 129 Å². The van der Waals surface area contributed by atoms with Crippen LogP contribution >= 0.6 is 23.2 Å². The fraction of sp³-hybridized carbons (Fsp3) is 0.500. The predicted molar refractivity (Wildman–Crippen MR) is 84.0 cm³/mol. The van der Waals surface area contributed by atoms with E-state index in [0.29, 0.717) is 24.8 Å². The van der Waals surface area contributed by atoms with Crippen LogP contribution in [-0.4, -0.2) is 35.9 Å². The SMILES string of the molecule is Cc1ccc(N(CCCl)CCCl)cc1C(N)CC(=O)O.